The van der Waals surface area contributed by atoms with E-state index in [1.807, 2.05) is 19.9 Å². The number of aryl methyl sites for hydroxylation is 2. The van der Waals surface area contributed by atoms with Gasteiger partial charge in [0.1, 0.15) is 6.54 Å². The van der Waals surface area contributed by atoms with Crippen LogP contribution in [0.15, 0.2) is 36.4 Å². The molecule has 0 spiro atoms. The molecule has 1 aromatic heterocycles. The number of fused-ring (bicyclic) bond motifs is 2. The lowest BCUT2D eigenvalue weighted by atomic mass is 10.1. The van der Waals surface area contributed by atoms with Crippen molar-refractivity contribution in [2.75, 3.05) is 37.6 Å². The third-order valence-corrected chi connectivity index (χ3v) is 7.28. The number of benzene rings is 2. The van der Waals surface area contributed by atoms with Crippen LogP contribution >= 0.6 is 11.3 Å². The first-order valence-corrected chi connectivity index (χ1v) is 12.0. The van der Waals surface area contributed by atoms with E-state index in [0.717, 1.165) is 39.3 Å². The Balaban J connectivity index is 1.64. The highest BCUT2D eigenvalue weighted by molar-refractivity contribution is 7.22. The van der Waals surface area contributed by atoms with Crippen LogP contribution in [0.3, 0.4) is 0 Å². The Bertz CT molecular complexity index is 1200. The monoisotopic (exact) mass is 464 g/mol. The molecule has 1 aliphatic heterocycles. The fourth-order valence-corrected chi connectivity index (χ4v) is 5.25. The smallest absolute Gasteiger partial charge is 0.262 e. The van der Waals surface area contributed by atoms with E-state index in [4.69, 9.17) is 4.98 Å². The van der Waals surface area contributed by atoms with Crippen molar-refractivity contribution in [1.29, 1.82) is 0 Å². The average Bonchev–Trinajstić information content (AvgIpc) is 3.32. The number of anilines is 1. The molecule has 172 valence electrons. The third-order valence-electron chi connectivity index (χ3n) is 6.05. The SMILES string of the molecule is CCN(CC)CCN(C(=O)CN1C(=O)c2ccccc2C1=O)c1nc2cc(C)cc(C)c2s1. The molecule has 0 saturated carbocycles. The van der Waals surface area contributed by atoms with E-state index in [-0.39, 0.29) is 12.5 Å². The summed E-state index contributed by atoms with van der Waals surface area (Å²) in [6.07, 6.45) is 0. The van der Waals surface area contributed by atoms with Gasteiger partial charge in [-0.1, -0.05) is 43.4 Å². The van der Waals surface area contributed by atoms with E-state index in [1.54, 1.807) is 29.2 Å². The van der Waals surface area contributed by atoms with Gasteiger partial charge < -0.3 is 4.90 Å². The summed E-state index contributed by atoms with van der Waals surface area (Å²) in [6.45, 7) is 10.8. The van der Waals surface area contributed by atoms with Crippen molar-refractivity contribution < 1.29 is 14.4 Å². The van der Waals surface area contributed by atoms with Gasteiger partial charge in [0.2, 0.25) is 5.91 Å². The summed E-state index contributed by atoms with van der Waals surface area (Å²) in [5.41, 5.74) is 3.77. The number of hydrogen-bond acceptors (Lipinski definition) is 6. The predicted octanol–water partition coefficient (Wildman–Crippen LogP) is 3.88. The van der Waals surface area contributed by atoms with Gasteiger partial charge in [-0.15, -0.1) is 0 Å². The normalized spacial score (nSPS) is 13.3. The number of carbonyl (C=O) groups excluding carboxylic acids is 3. The maximum Gasteiger partial charge on any atom is 0.262 e. The molecule has 0 saturated heterocycles. The standard InChI is InChI=1S/C25H28N4O3S/c1-5-27(6-2)11-12-28(25-26-20-14-16(3)13-17(4)22(20)33-25)21(30)15-29-23(31)18-9-7-8-10-19(18)24(29)32/h7-10,13-14H,5-6,11-12,15H2,1-4H3. The molecule has 7 nitrogen and oxygen atoms in total. The molecule has 3 amide bonds. The largest absolute Gasteiger partial charge is 0.302 e. The highest BCUT2D eigenvalue weighted by Crippen LogP contribution is 2.32. The van der Waals surface area contributed by atoms with Crippen LogP contribution in [0, 0.1) is 13.8 Å². The second kappa shape index (κ2) is 9.41. The minimum atomic E-state index is -0.427. The molecule has 1 aliphatic rings. The topological polar surface area (TPSA) is 73.8 Å². The van der Waals surface area contributed by atoms with E-state index in [0.29, 0.717) is 29.3 Å². The van der Waals surface area contributed by atoms with Crippen LogP contribution in [0.4, 0.5) is 5.13 Å². The minimum Gasteiger partial charge on any atom is -0.302 e. The number of rotatable bonds is 8. The van der Waals surface area contributed by atoms with Crippen molar-refractivity contribution in [1.82, 2.24) is 14.8 Å². The summed E-state index contributed by atoms with van der Waals surface area (Å²) >= 11 is 1.47. The maximum atomic E-state index is 13.5. The Kier molecular flexibility index (Phi) is 6.58. The van der Waals surface area contributed by atoms with Crippen molar-refractivity contribution in [3.8, 4) is 0 Å². The Hall–Kier alpha value is -3.10. The third kappa shape index (κ3) is 4.41. The van der Waals surface area contributed by atoms with Gasteiger partial charge in [-0.25, -0.2) is 4.98 Å². The van der Waals surface area contributed by atoms with Gasteiger partial charge >= 0.3 is 0 Å². The van der Waals surface area contributed by atoms with E-state index < -0.39 is 11.8 Å². The number of imide groups is 1. The molecule has 0 unspecified atom stereocenters. The number of nitrogens with zero attached hydrogens (tertiary/aromatic N) is 4. The Morgan fingerprint density at radius 3 is 2.24 bits per heavy atom. The number of amides is 3. The van der Waals surface area contributed by atoms with Crippen LogP contribution in [0.25, 0.3) is 10.2 Å². The molecule has 33 heavy (non-hydrogen) atoms. The number of aromatic nitrogens is 1. The minimum absolute atomic E-state index is 0.307. The maximum absolute atomic E-state index is 13.5. The molecule has 2 aromatic carbocycles. The van der Waals surface area contributed by atoms with Gasteiger partial charge in [0, 0.05) is 13.1 Å². The van der Waals surface area contributed by atoms with Crippen LogP contribution in [0.2, 0.25) is 0 Å². The van der Waals surface area contributed by atoms with Gasteiger partial charge in [0.05, 0.1) is 21.3 Å². The van der Waals surface area contributed by atoms with Crippen molar-refractivity contribution >= 4 is 44.4 Å². The van der Waals surface area contributed by atoms with Gasteiger partial charge in [-0.3, -0.25) is 24.2 Å². The summed E-state index contributed by atoms with van der Waals surface area (Å²) in [6, 6.07) is 10.8. The highest BCUT2D eigenvalue weighted by atomic mass is 32.1. The molecule has 0 radical (unpaired) electrons. The molecule has 0 fully saturated rings. The lowest BCUT2D eigenvalue weighted by Gasteiger charge is -2.26. The molecular formula is C25H28N4O3S. The lowest BCUT2D eigenvalue weighted by molar-refractivity contribution is -0.119. The molecular weight excluding hydrogens is 436 g/mol. The Labute approximate surface area is 197 Å². The highest BCUT2D eigenvalue weighted by Gasteiger charge is 2.37. The first-order chi connectivity index (χ1) is 15.8. The molecule has 4 rings (SSSR count). The van der Waals surface area contributed by atoms with Gasteiger partial charge in [-0.05, 0) is 56.3 Å². The summed E-state index contributed by atoms with van der Waals surface area (Å²) < 4.78 is 1.04. The van der Waals surface area contributed by atoms with Crippen molar-refractivity contribution in [3.63, 3.8) is 0 Å². The van der Waals surface area contributed by atoms with Crippen molar-refractivity contribution in [3.05, 3.63) is 58.7 Å². The van der Waals surface area contributed by atoms with Gasteiger partial charge in [-0.2, -0.15) is 0 Å². The molecule has 3 aromatic rings. The summed E-state index contributed by atoms with van der Waals surface area (Å²) in [4.78, 5) is 48.7. The van der Waals surface area contributed by atoms with E-state index in [2.05, 4.69) is 24.8 Å². The summed E-state index contributed by atoms with van der Waals surface area (Å²) in [7, 11) is 0. The first kappa shape index (κ1) is 23.1. The number of hydrogen-bond donors (Lipinski definition) is 0. The van der Waals surface area contributed by atoms with Crippen molar-refractivity contribution in [2.45, 2.75) is 27.7 Å². The Morgan fingerprint density at radius 2 is 1.64 bits per heavy atom. The zero-order valence-electron chi connectivity index (χ0n) is 19.4. The Morgan fingerprint density at radius 1 is 1.00 bits per heavy atom. The van der Waals surface area contributed by atoms with Crippen molar-refractivity contribution in [2.24, 2.45) is 0 Å². The van der Waals surface area contributed by atoms with Gasteiger partial charge in [0.15, 0.2) is 5.13 Å². The van der Waals surface area contributed by atoms with Crippen LogP contribution < -0.4 is 4.90 Å². The van der Waals surface area contributed by atoms with Crippen LogP contribution in [-0.4, -0.2) is 65.2 Å². The van der Waals surface area contributed by atoms with E-state index in [1.165, 1.54) is 11.3 Å². The number of thiazole rings is 1. The molecule has 2 heterocycles. The first-order valence-electron chi connectivity index (χ1n) is 11.2. The molecule has 0 aliphatic carbocycles. The molecule has 0 atom stereocenters. The van der Waals surface area contributed by atoms with Crippen LogP contribution in [0.1, 0.15) is 45.7 Å². The number of carbonyl (C=O) groups is 3. The molecule has 0 N–H and O–H groups in total. The lowest BCUT2D eigenvalue weighted by Crippen LogP contribution is -2.45. The average molecular weight is 465 g/mol. The second-order valence-electron chi connectivity index (χ2n) is 8.24. The zero-order chi connectivity index (χ0) is 23.7. The number of likely N-dealkylation sites (N-methyl/N-ethyl adjacent to an activating group) is 1. The fraction of sp³-hybridized carbons (Fsp3) is 0.360. The summed E-state index contributed by atoms with van der Waals surface area (Å²) in [5, 5.41) is 0.590. The quantitative estimate of drug-likeness (QED) is 0.473. The molecule has 8 heteroatoms. The van der Waals surface area contributed by atoms with E-state index >= 15 is 0 Å². The van der Waals surface area contributed by atoms with Gasteiger partial charge in [0.25, 0.3) is 11.8 Å². The van der Waals surface area contributed by atoms with E-state index in [9.17, 15) is 14.4 Å². The predicted molar refractivity (Wildman–Crippen MR) is 131 cm³/mol. The van der Waals surface area contributed by atoms with Crippen LogP contribution in [0.5, 0.6) is 0 Å². The molecule has 0 bridgehead atoms. The zero-order valence-corrected chi connectivity index (χ0v) is 20.2. The second-order valence-corrected chi connectivity index (χ2v) is 9.22. The fourth-order valence-electron chi connectivity index (χ4n) is 4.19. The summed E-state index contributed by atoms with van der Waals surface area (Å²) in [5.74, 6) is -1.17. The van der Waals surface area contributed by atoms with Crippen LogP contribution in [-0.2, 0) is 4.79 Å².